The number of ether oxygens (including phenoxy) is 2. The molecule has 146 valence electrons. The zero-order chi connectivity index (χ0) is 19.8. The number of halogens is 2. The van der Waals surface area contributed by atoms with Crippen LogP contribution in [0.4, 0.5) is 14.6 Å². The summed E-state index contributed by atoms with van der Waals surface area (Å²) in [6, 6.07) is 0.197. The summed E-state index contributed by atoms with van der Waals surface area (Å²) < 4.78 is 39.6. The molecule has 0 radical (unpaired) electrons. The predicted molar refractivity (Wildman–Crippen MR) is 86.1 cm³/mol. The molecule has 1 fully saturated rings. The summed E-state index contributed by atoms with van der Waals surface area (Å²) >= 11 is 0. The van der Waals surface area contributed by atoms with E-state index < -0.39 is 48.2 Å². The number of aromatic nitrogens is 2. The van der Waals surface area contributed by atoms with Crippen LogP contribution in [0, 0.1) is 5.92 Å². The summed E-state index contributed by atoms with van der Waals surface area (Å²) in [6.07, 6.45) is -6.24. The van der Waals surface area contributed by atoms with Gasteiger partial charge in [-0.05, 0) is 18.9 Å². The van der Waals surface area contributed by atoms with E-state index in [0.29, 0.717) is 4.57 Å². The average molecular weight is 376 g/mol. The van der Waals surface area contributed by atoms with Gasteiger partial charge in [-0.25, -0.2) is 4.79 Å². The molecule has 1 aliphatic rings. The van der Waals surface area contributed by atoms with Crippen molar-refractivity contribution < 1.29 is 28.2 Å². The third-order valence-electron chi connectivity index (χ3n) is 4.18. The maximum absolute atomic E-state index is 14.4. The molecule has 2 heterocycles. The number of nitrogens with two attached hydrogens (primary N) is 2. The third kappa shape index (κ3) is 3.69. The SMILES string of the molecule is CC(C)[C@H](N)C(=O)O[C@@H](C)[C@H]1O[C@@H](n2ccc(N)nc2=O)C(F)(F)[C@@H]1O. The van der Waals surface area contributed by atoms with Crippen molar-refractivity contribution in [3.05, 3.63) is 22.7 Å². The van der Waals surface area contributed by atoms with Gasteiger partial charge in [0.25, 0.3) is 0 Å². The third-order valence-corrected chi connectivity index (χ3v) is 4.18. The van der Waals surface area contributed by atoms with Crippen LogP contribution in [-0.4, -0.2) is 50.9 Å². The number of rotatable bonds is 5. The summed E-state index contributed by atoms with van der Waals surface area (Å²) in [5.74, 6) is -5.00. The van der Waals surface area contributed by atoms with Gasteiger partial charge < -0.3 is 26.0 Å². The lowest BCUT2D eigenvalue weighted by Crippen LogP contribution is -2.46. The second kappa shape index (κ2) is 7.25. The maximum Gasteiger partial charge on any atom is 0.351 e. The van der Waals surface area contributed by atoms with Crippen LogP contribution in [0.3, 0.4) is 0 Å². The van der Waals surface area contributed by atoms with Gasteiger partial charge in [-0.2, -0.15) is 13.8 Å². The van der Waals surface area contributed by atoms with Crippen molar-refractivity contribution in [2.45, 2.75) is 57.3 Å². The Morgan fingerprint density at radius 3 is 2.62 bits per heavy atom. The summed E-state index contributed by atoms with van der Waals surface area (Å²) in [5, 5.41) is 9.97. The van der Waals surface area contributed by atoms with Crippen LogP contribution in [0.15, 0.2) is 17.1 Å². The molecule has 1 aliphatic heterocycles. The molecule has 0 amide bonds. The average Bonchev–Trinajstić information content (AvgIpc) is 2.77. The van der Waals surface area contributed by atoms with E-state index in [1.807, 2.05) is 0 Å². The summed E-state index contributed by atoms with van der Waals surface area (Å²) in [6.45, 7) is 4.69. The molecule has 2 rings (SSSR count). The molecule has 0 unspecified atom stereocenters. The number of hydrogen-bond acceptors (Lipinski definition) is 8. The van der Waals surface area contributed by atoms with Crippen molar-refractivity contribution in [2.24, 2.45) is 11.7 Å². The zero-order valence-corrected chi connectivity index (χ0v) is 14.5. The van der Waals surface area contributed by atoms with Gasteiger partial charge in [0.15, 0.2) is 6.10 Å². The fourth-order valence-corrected chi connectivity index (χ4v) is 2.50. The van der Waals surface area contributed by atoms with Crippen LogP contribution < -0.4 is 17.2 Å². The van der Waals surface area contributed by atoms with E-state index in [-0.39, 0.29) is 11.7 Å². The van der Waals surface area contributed by atoms with Gasteiger partial charge in [-0.15, -0.1) is 0 Å². The van der Waals surface area contributed by atoms with Gasteiger partial charge in [0.05, 0.1) is 0 Å². The van der Waals surface area contributed by atoms with Gasteiger partial charge in [-0.1, -0.05) is 13.8 Å². The first-order chi connectivity index (χ1) is 12.0. The minimum Gasteiger partial charge on any atom is -0.459 e. The molecule has 0 bridgehead atoms. The molecule has 1 saturated heterocycles. The molecule has 0 aromatic carbocycles. The Morgan fingerprint density at radius 1 is 1.46 bits per heavy atom. The zero-order valence-electron chi connectivity index (χ0n) is 14.5. The summed E-state index contributed by atoms with van der Waals surface area (Å²) in [7, 11) is 0. The molecular formula is C15H22F2N4O5. The van der Waals surface area contributed by atoms with E-state index in [4.69, 9.17) is 20.9 Å². The number of carbonyl (C=O) groups is 1. The Labute approximate surface area is 147 Å². The first kappa shape index (κ1) is 20.2. The lowest BCUT2D eigenvalue weighted by atomic mass is 10.0. The second-order valence-corrected chi connectivity index (χ2v) is 6.53. The van der Waals surface area contributed by atoms with Gasteiger partial charge in [-0.3, -0.25) is 9.36 Å². The van der Waals surface area contributed by atoms with E-state index in [1.54, 1.807) is 13.8 Å². The minimum atomic E-state index is -3.83. The molecule has 0 aliphatic carbocycles. The topological polar surface area (TPSA) is 143 Å². The number of aliphatic hydroxyl groups is 1. The van der Waals surface area contributed by atoms with Gasteiger partial charge in [0.1, 0.15) is 24.1 Å². The van der Waals surface area contributed by atoms with Crippen LogP contribution in [-0.2, 0) is 14.3 Å². The minimum absolute atomic E-state index is 0.144. The van der Waals surface area contributed by atoms with E-state index in [9.17, 15) is 23.5 Å². The Balaban J connectivity index is 2.22. The van der Waals surface area contributed by atoms with Crippen LogP contribution >= 0.6 is 0 Å². The predicted octanol–water partition coefficient (Wildman–Crippen LogP) is -0.366. The number of carbonyl (C=O) groups excluding carboxylic acids is 1. The van der Waals surface area contributed by atoms with Gasteiger partial charge in [0.2, 0.25) is 6.23 Å². The smallest absolute Gasteiger partial charge is 0.351 e. The first-order valence-corrected chi connectivity index (χ1v) is 7.98. The van der Waals surface area contributed by atoms with Crippen LogP contribution in [0.1, 0.15) is 27.0 Å². The highest BCUT2D eigenvalue weighted by Gasteiger charge is 2.61. The molecule has 11 heteroatoms. The molecule has 5 N–H and O–H groups in total. The monoisotopic (exact) mass is 376 g/mol. The summed E-state index contributed by atoms with van der Waals surface area (Å²) in [4.78, 5) is 27.1. The molecule has 9 nitrogen and oxygen atoms in total. The van der Waals surface area contributed by atoms with Crippen LogP contribution in [0.2, 0.25) is 0 Å². The number of esters is 1. The Morgan fingerprint density at radius 2 is 2.08 bits per heavy atom. The molecule has 0 spiro atoms. The molecule has 1 aromatic rings. The first-order valence-electron chi connectivity index (χ1n) is 7.98. The Kier molecular flexibility index (Phi) is 5.64. The summed E-state index contributed by atoms with van der Waals surface area (Å²) in [5.41, 5.74) is 9.93. The number of nitrogens with zero attached hydrogens (tertiary/aromatic N) is 2. The number of aliphatic hydroxyl groups excluding tert-OH is 1. The fourth-order valence-electron chi connectivity index (χ4n) is 2.50. The number of hydrogen-bond donors (Lipinski definition) is 3. The maximum atomic E-state index is 14.4. The van der Waals surface area contributed by atoms with Crippen LogP contribution in [0.25, 0.3) is 0 Å². The number of anilines is 1. The van der Waals surface area contributed by atoms with Crippen molar-refractivity contribution in [3.63, 3.8) is 0 Å². The van der Waals surface area contributed by atoms with Crippen molar-refractivity contribution >= 4 is 11.8 Å². The van der Waals surface area contributed by atoms with E-state index >= 15 is 0 Å². The van der Waals surface area contributed by atoms with Crippen LogP contribution in [0.5, 0.6) is 0 Å². The lowest BCUT2D eigenvalue weighted by Gasteiger charge is -2.24. The molecular weight excluding hydrogens is 354 g/mol. The van der Waals surface area contributed by atoms with Crippen molar-refractivity contribution in [3.8, 4) is 0 Å². The molecule has 5 atom stereocenters. The van der Waals surface area contributed by atoms with E-state index in [1.165, 1.54) is 6.92 Å². The van der Waals surface area contributed by atoms with Gasteiger partial charge >= 0.3 is 17.6 Å². The Bertz CT molecular complexity index is 726. The van der Waals surface area contributed by atoms with Crippen molar-refractivity contribution in [1.29, 1.82) is 0 Å². The number of nitrogen functional groups attached to an aromatic ring is 1. The quantitative estimate of drug-likeness (QED) is 0.591. The highest BCUT2D eigenvalue weighted by Crippen LogP contribution is 2.43. The highest BCUT2D eigenvalue weighted by atomic mass is 19.3. The van der Waals surface area contributed by atoms with E-state index in [0.717, 1.165) is 12.3 Å². The second-order valence-electron chi connectivity index (χ2n) is 6.53. The molecule has 0 saturated carbocycles. The number of alkyl halides is 2. The normalized spacial score (nSPS) is 27.3. The highest BCUT2D eigenvalue weighted by molar-refractivity contribution is 5.76. The molecule has 26 heavy (non-hydrogen) atoms. The molecule has 1 aromatic heterocycles. The fraction of sp³-hybridized carbons (Fsp3) is 0.667. The standard InChI is InChI=1S/C15H22F2N4O5/c1-6(2)9(19)12(23)25-7(3)10-11(22)15(16,17)13(26-10)21-5-4-8(18)20-14(21)24/h4-7,9-11,13,22H,19H2,1-3H3,(H2,18,20,24)/t7-,9-,10+,11+,13+/m0/s1. The van der Waals surface area contributed by atoms with Crippen molar-refractivity contribution in [2.75, 3.05) is 5.73 Å². The Hall–Kier alpha value is -2.11. The van der Waals surface area contributed by atoms with E-state index in [2.05, 4.69) is 4.98 Å². The van der Waals surface area contributed by atoms with Crippen molar-refractivity contribution in [1.82, 2.24) is 9.55 Å². The largest absolute Gasteiger partial charge is 0.459 e. The van der Waals surface area contributed by atoms with Gasteiger partial charge in [0, 0.05) is 6.20 Å². The lowest BCUT2D eigenvalue weighted by molar-refractivity contribution is -0.163.